The van der Waals surface area contributed by atoms with Crippen LogP contribution in [-0.2, 0) is 6.42 Å². The summed E-state index contributed by atoms with van der Waals surface area (Å²) >= 11 is 5.95. The predicted molar refractivity (Wildman–Crippen MR) is 116 cm³/mol. The number of aromatic nitrogens is 4. The number of halogens is 2. The van der Waals surface area contributed by atoms with Gasteiger partial charge in [-0.25, -0.2) is 19.3 Å². The second-order valence-corrected chi connectivity index (χ2v) is 8.10. The van der Waals surface area contributed by atoms with Crippen molar-refractivity contribution in [2.75, 3.05) is 5.73 Å². The maximum Gasteiger partial charge on any atom is 0.143 e. The molecule has 3 atom stereocenters. The Hall–Kier alpha value is -3.07. The van der Waals surface area contributed by atoms with Gasteiger partial charge in [-0.1, -0.05) is 17.7 Å². The molecule has 0 spiro atoms. The number of anilines is 1. The van der Waals surface area contributed by atoms with Gasteiger partial charge in [0.05, 0.1) is 16.6 Å². The molecular weight excluding hydrogens is 421 g/mol. The Morgan fingerprint density at radius 2 is 2.03 bits per heavy atom. The molecular formula is C22H19ClFN5O2. The first-order valence-electron chi connectivity index (χ1n) is 9.80. The number of pyridine rings is 1. The molecule has 9 heteroatoms. The van der Waals surface area contributed by atoms with Crippen LogP contribution < -0.4 is 5.73 Å². The molecule has 1 aromatic carbocycles. The highest BCUT2D eigenvalue weighted by atomic mass is 35.5. The number of nitrogens with zero attached hydrogens (tertiary/aromatic N) is 4. The molecule has 2 unspecified atom stereocenters. The van der Waals surface area contributed by atoms with E-state index in [4.69, 9.17) is 17.3 Å². The fraction of sp³-hybridized carbons (Fsp3) is 0.227. The van der Waals surface area contributed by atoms with Gasteiger partial charge in [0, 0.05) is 23.2 Å². The summed E-state index contributed by atoms with van der Waals surface area (Å²) in [6.45, 7) is 0. The molecule has 4 N–H and O–H groups in total. The van der Waals surface area contributed by atoms with Crippen LogP contribution in [0.25, 0.3) is 21.9 Å². The van der Waals surface area contributed by atoms with Crippen LogP contribution in [0.3, 0.4) is 0 Å². The van der Waals surface area contributed by atoms with Crippen molar-refractivity contribution in [3.63, 3.8) is 0 Å². The number of benzene rings is 1. The summed E-state index contributed by atoms with van der Waals surface area (Å²) < 4.78 is 16.4. The first-order chi connectivity index (χ1) is 14.9. The van der Waals surface area contributed by atoms with Gasteiger partial charge in [0.15, 0.2) is 0 Å². The van der Waals surface area contributed by atoms with Crippen molar-refractivity contribution in [1.29, 1.82) is 0 Å². The lowest BCUT2D eigenvalue weighted by Gasteiger charge is -2.19. The summed E-state index contributed by atoms with van der Waals surface area (Å²) in [7, 11) is 0. The van der Waals surface area contributed by atoms with Crippen LogP contribution in [0.4, 0.5) is 10.2 Å². The van der Waals surface area contributed by atoms with Crippen LogP contribution in [0.5, 0.6) is 0 Å². The molecule has 5 rings (SSSR count). The Kier molecular flexibility index (Phi) is 4.85. The minimum Gasteiger partial charge on any atom is -0.388 e. The maximum atomic E-state index is 14.5. The molecule has 0 fully saturated rings. The van der Waals surface area contributed by atoms with E-state index in [2.05, 4.69) is 15.0 Å². The van der Waals surface area contributed by atoms with E-state index in [9.17, 15) is 14.6 Å². The van der Waals surface area contributed by atoms with Crippen LogP contribution in [0, 0.1) is 5.82 Å². The van der Waals surface area contributed by atoms with Crippen molar-refractivity contribution in [3.8, 4) is 0 Å². The Labute approximate surface area is 181 Å². The van der Waals surface area contributed by atoms with E-state index in [0.29, 0.717) is 40.5 Å². The molecule has 0 aliphatic heterocycles. The third-order valence-electron chi connectivity index (χ3n) is 5.76. The van der Waals surface area contributed by atoms with E-state index >= 15 is 0 Å². The Morgan fingerprint density at radius 1 is 1.19 bits per heavy atom. The summed E-state index contributed by atoms with van der Waals surface area (Å²) in [5, 5.41) is 22.6. The number of hydrogen-bond donors (Lipinski definition) is 3. The zero-order valence-corrected chi connectivity index (χ0v) is 17.0. The summed E-state index contributed by atoms with van der Waals surface area (Å²) in [6.07, 6.45) is 5.72. The number of hydrogen-bond acceptors (Lipinski definition) is 6. The molecule has 0 saturated carbocycles. The molecule has 3 aromatic heterocycles. The van der Waals surface area contributed by atoms with Gasteiger partial charge >= 0.3 is 0 Å². The van der Waals surface area contributed by atoms with Gasteiger partial charge in [0.2, 0.25) is 0 Å². The highest BCUT2D eigenvalue weighted by Gasteiger charge is 2.35. The van der Waals surface area contributed by atoms with Crippen LogP contribution in [0.2, 0.25) is 5.02 Å². The van der Waals surface area contributed by atoms with Crippen molar-refractivity contribution in [2.24, 2.45) is 0 Å². The Balaban J connectivity index is 1.41. The Bertz CT molecular complexity index is 1340. The fourth-order valence-corrected chi connectivity index (χ4v) is 4.30. The van der Waals surface area contributed by atoms with Crippen molar-refractivity contribution in [3.05, 3.63) is 71.0 Å². The fourth-order valence-electron chi connectivity index (χ4n) is 4.15. The average molecular weight is 440 g/mol. The standard InChI is InChI=1S/C22H19ClFN5O2/c23-15-8-14-16(24)5-11(6-17(14)28-21(15)25)1-2-12-7-18(20(31)19(12)30)29-4-3-13-9-26-10-27-22(13)29/h3-10,18-20,30-31H,1-2H2,(H2,25,28)/t18?,19?,20-/m1/s1. The van der Waals surface area contributed by atoms with Gasteiger partial charge in [0.1, 0.15) is 35.8 Å². The molecule has 1 aliphatic carbocycles. The van der Waals surface area contributed by atoms with Crippen molar-refractivity contribution in [1.82, 2.24) is 19.5 Å². The zero-order chi connectivity index (χ0) is 21.7. The maximum absolute atomic E-state index is 14.5. The van der Waals surface area contributed by atoms with Crippen LogP contribution >= 0.6 is 11.6 Å². The van der Waals surface area contributed by atoms with Crippen molar-refractivity contribution >= 4 is 39.4 Å². The quantitative estimate of drug-likeness (QED) is 0.421. The average Bonchev–Trinajstić information content (AvgIpc) is 3.29. The van der Waals surface area contributed by atoms with Crippen LogP contribution in [0.1, 0.15) is 18.0 Å². The predicted octanol–water partition coefficient (Wildman–Crippen LogP) is 3.19. The highest BCUT2D eigenvalue weighted by Crippen LogP contribution is 2.34. The summed E-state index contributed by atoms with van der Waals surface area (Å²) in [6, 6.07) is 6.07. The first-order valence-corrected chi connectivity index (χ1v) is 10.2. The van der Waals surface area contributed by atoms with Gasteiger partial charge in [-0.3, -0.25) is 0 Å². The molecule has 0 amide bonds. The second-order valence-electron chi connectivity index (χ2n) is 7.69. The second kappa shape index (κ2) is 7.56. The molecule has 31 heavy (non-hydrogen) atoms. The highest BCUT2D eigenvalue weighted by molar-refractivity contribution is 6.33. The molecule has 158 valence electrons. The third kappa shape index (κ3) is 3.42. The molecule has 7 nitrogen and oxygen atoms in total. The number of rotatable bonds is 4. The lowest BCUT2D eigenvalue weighted by molar-refractivity contribution is 0.0317. The number of nitrogens with two attached hydrogens (primary N) is 1. The summed E-state index contributed by atoms with van der Waals surface area (Å²) in [5.41, 5.74) is 8.26. The molecule has 1 aliphatic rings. The van der Waals surface area contributed by atoms with E-state index in [0.717, 1.165) is 5.39 Å². The number of aliphatic hydroxyl groups is 2. The molecule has 0 saturated heterocycles. The zero-order valence-electron chi connectivity index (χ0n) is 16.3. The smallest absolute Gasteiger partial charge is 0.143 e. The molecule has 0 radical (unpaired) electrons. The van der Waals surface area contributed by atoms with Gasteiger partial charge in [-0.2, -0.15) is 0 Å². The Morgan fingerprint density at radius 3 is 2.87 bits per heavy atom. The largest absolute Gasteiger partial charge is 0.388 e. The normalized spacial score (nSPS) is 21.2. The molecule has 0 bridgehead atoms. The van der Waals surface area contributed by atoms with Crippen molar-refractivity contribution in [2.45, 2.75) is 31.1 Å². The minimum absolute atomic E-state index is 0.147. The van der Waals surface area contributed by atoms with E-state index < -0.39 is 24.1 Å². The SMILES string of the molecule is Nc1nc2cc(CCC3=CC(n4ccc5cncnc54)[C@@H](O)C3O)cc(F)c2cc1Cl. The summed E-state index contributed by atoms with van der Waals surface area (Å²) in [4.78, 5) is 12.4. The van der Waals surface area contributed by atoms with Crippen LogP contribution in [-0.4, -0.2) is 41.9 Å². The monoisotopic (exact) mass is 439 g/mol. The minimum atomic E-state index is -1.01. The third-order valence-corrected chi connectivity index (χ3v) is 6.07. The lowest BCUT2D eigenvalue weighted by Crippen LogP contribution is -2.29. The van der Waals surface area contributed by atoms with E-state index in [1.165, 1.54) is 18.5 Å². The molecule has 3 heterocycles. The van der Waals surface area contributed by atoms with Gasteiger partial charge < -0.3 is 20.5 Å². The number of nitrogen functional groups attached to an aromatic ring is 1. The van der Waals surface area contributed by atoms with Gasteiger partial charge in [-0.15, -0.1) is 0 Å². The summed E-state index contributed by atoms with van der Waals surface area (Å²) in [5.74, 6) is -0.285. The van der Waals surface area contributed by atoms with Crippen LogP contribution in [0.15, 0.2) is 54.6 Å². The van der Waals surface area contributed by atoms with E-state index in [1.54, 1.807) is 12.3 Å². The van der Waals surface area contributed by atoms with Crippen molar-refractivity contribution < 1.29 is 14.6 Å². The lowest BCUT2D eigenvalue weighted by atomic mass is 10.0. The topological polar surface area (TPSA) is 110 Å². The molecule has 4 aromatic rings. The van der Waals surface area contributed by atoms with E-state index in [1.807, 2.05) is 22.9 Å². The number of aryl methyl sites for hydroxylation is 1. The van der Waals surface area contributed by atoms with E-state index in [-0.39, 0.29) is 10.8 Å². The number of fused-ring (bicyclic) bond motifs is 2. The van der Waals surface area contributed by atoms with Gasteiger partial charge in [0.25, 0.3) is 0 Å². The first kappa shape index (κ1) is 19.9. The number of aliphatic hydroxyl groups excluding tert-OH is 2. The van der Waals surface area contributed by atoms with Gasteiger partial charge in [-0.05, 0) is 48.2 Å².